The number of ether oxygens (including phenoxy) is 3. The number of benzene rings is 1. The molecule has 1 N–H and O–H groups in total. The number of amides is 1. The van der Waals surface area contributed by atoms with Gasteiger partial charge in [-0.15, -0.1) is 0 Å². The number of alkyl carbamates (subject to hydrolysis) is 1. The Morgan fingerprint density at radius 1 is 1.30 bits per heavy atom. The van der Waals surface area contributed by atoms with Crippen LogP contribution >= 0.6 is 0 Å². The lowest BCUT2D eigenvalue weighted by Crippen LogP contribution is -2.45. The van der Waals surface area contributed by atoms with Crippen LogP contribution in [0.25, 0.3) is 0 Å². The van der Waals surface area contributed by atoms with Gasteiger partial charge in [0.05, 0.1) is 18.0 Å². The minimum absolute atomic E-state index is 0.0373. The van der Waals surface area contributed by atoms with Crippen molar-refractivity contribution in [1.29, 1.82) is 0 Å². The fourth-order valence-corrected chi connectivity index (χ4v) is 3.91. The number of carbonyl (C=O) groups excluding carboxylic acids is 1. The second-order valence-electron chi connectivity index (χ2n) is 7.72. The third-order valence-corrected chi connectivity index (χ3v) is 5.52. The van der Waals surface area contributed by atoms with Crippen molar-refractivity contribution in [3.05, 3.63) is 29.8 Å². The van der Waals surface area contributed by atoms with E-state index in [0.717, 1.165) is 5.56 Å². The van der Waals surface area contributed by atoms with Crippen LogP contribution in [0.2, 0.25) is 0 Å². The molecule has 0 bridgehead atoms. The first-order valence-electron chi connectivity index (χ1n) is 8.79. The normalized spacial score (nSPS) is 25.6. The molecule has 150 valence electrons. The largest absolute Gasteiger partial charge is 0.444 e. The first-order valence-corrected chi connectivity index (χ1v) is 10.2. The van der Waals surface area contributed by atoms with Gasteiger partial charge in [0.25, 0.3) is 10.1 Å². The van der Waals surface area contributed by atoms with E-state index in [1.807, 2.05) is 6.92 Å². The Hall–Kier alpha value is -1.68. The molecule has 0 aromatic heterocycles. The van der Waals surface area contributed by atoms with Gasteiger partial charge in [-0.3, -0.25) is 4.18 Å². The summed E-state index contributed by atoms with van der Waals surface area (Å²) in [6.45, 7) is 7.38. The van der Waals surface area contributed by atoms with Crippen LogP contribution in [0.5, 0.6) is 0 Å². The minimum Gasteiger partial charge on any atom is -0.444 e. The fraction of sp³-hybridized carbons (Fsp3) is 0.611. The maximum absolute atomic E-state index is 12.6. The molecule has 3 rings (SSSR count). The average Bonchev–Trinajstić information content (AvgIpc) is 3.21. The molecule has 2 saturated heterocycles. The van der Waals surface area contributed by atoms with Crippen molar-refractivity contribution in [2.75, 3.05) is 13.2 Å². The number of fused-ring (bicyclic) bond motifs is 1. The lowest BCUT2D eigenvalue weighted by Gasteiger charge is -2.25. The molecular formula is C18H25NO7S. The molecule has 2 aliphatic heterocycles. The van der Waals surface area contributed by atoms with Gasteiger partial charge in [0.1, 0.15) is 30.0 Å². The van der Waals surface area contributed by atoms with E-state index in [0.29, 0.717) is 6.61 Å². The lowest BCUT2D eigenvalue weighted by atomic mass is 10.1. The van der Waals surface area contributed by atoms with E-state index in [-0.39, 0.29) is 23.6 Å². The van der Waals surface area contributed by atoms with Crippen molar-refractivity contribution >= 4 is 16.2 Å². The fourth-order valence-electron chi connectivity index (χ4n) is 2.83. The maximum Gasteiger partial charge on any atom is 0.407 e. The van der Waals surface area contributed by atoms with Gasteiger partial charge in [0.2, 0.25) is 0 Å². The highest BCUT2D eigenvalue weighted by molar-refractivity contribution is 7.86. The Morgan fingerprint density at radius 2 is 1.96 bits per heavy atom. The highest BCUT2D eigenvalue weighted by Crippen LogP contribution is 2.37. The Morgan fingerprint density at radius 3 is 2.48 bits per heavy atom. The van der Waals surface area contributed by atoms with Gasteiger partial charge in [-0.25, -0.2) is 4.79 Å². The summed E-state index contributed by atoms with van der Waals surface area (Å²) in [5.74, 6) is 0. The number of hydrogen-bond donors (Lipinski definition) is 1. The Kier molecular flexibility index (Phi) is 5.49. The van der Waals surface area contributed by atoms with Gasteiger partial charge >= 0.3 is 6.09 Å². The van der Waals surface area contributed by atoms with Gasteiger partial charge in [-0.1, -0.05) is 17.7 Å². The molecule has 0 aliphatic carbocycles. The molecule has 2 fully saturated rings. The van der Waals surface area contributed by atoms with Gasteiger partial charge < -0.3 is 19.5 Å². The summed E-state index contributed by atoms with van der Waals surface area (Å²) in [5, 5.41) is 2.55. The van der Waals surface area contributed by atoms with Crippen LogP contribution in [-0.4, -0.2) is 57.7 Å². The highest BCUT2D eigenvalue weighted by Gasteiger charge is 2.55. The van der Waals surface area contributed by atoms with Crippen molar-refractivity contribution in [2.24, 2.45) is 0 Å². The molecule has 1 aromatic carbocycles. The molecule has 4 atom stereocenters. The number of carbonyl (C=O) groups is 1. The zero-order chi connectivity index (χ0) is 19.8. The van der Waals surface area contributed by atoms with E-state index >= 15 is 0 Å². The van der Waals surface area contributed by atoms with Gasteiger partial charge in [-0.2, -0.15) is 8.42 Å². The third kappa shape index (κ3) is 5.19. The van der Waals surface area contributed by atoms with E-state index in [1.165, 1.54) is 12.1 Å². The molecule has 8 nitrogen and oxygen atoms in total. The Balaban J connectivity index is 1.70. The molecule has 0 saturated carbocycles. The molecule has 27 heavy (non-hydrogen) atoms. The van der Waals surface area contributed by atoms with Crippen molar-refractivity contribution in [2.45, 2.75) is 62.6 Å². The van der Waals surface area contributed by atoms with E-state index in [1.54, 1.807) is 32.9 Å². The quantitative estimate of drug-likeness (QED) is 0.574. The predicted molar refractivity (Wildman–Crippen MR) is 95.9 cm³/mol. The van der Waals surface area contributed by atoms with Crippen molar-refractivity contribution < 1.29 is 31.6 Å². The van der Waals surface area contributed by atoms with Crippen LogP contribution < -0.4 is 5.32 Å². The number of hydrogen-bond acceptors (Lipinski definition) is 7. The Labute approximate surface area is 159 Å². The summed E-state index contributed by atoms with van der Waals surface area (Å²) in [6, 6.07) is 6.34. The predicted octanol–water partition coefficient (Wildman–Crippen LogP) is 1.76. The van der Waals surface area contributed by atoms with Crippen molar-refractivity contribution in [3.8, 4) is 0 Å². The van der Waals surface area contributed by atoms with Crippen LogP contribution in [-0.2, 0) is 28.5 Å². The number of rotatable bonds is 6. The summed E-state index contributed by atoms with van der Waals surface area (Å²) in [6.07, 6.45) is -2.42. The SMILES string of the molecule is Cc1ccc(S(=O)(=O)O[C@H](CNC(=O)OC(C)(C)C)[C@H]2OC[C@@H]3O[C@@H]23)cc1. The highest BCUT2D eigenvalue weighted by atomic mass is 32.2. The van der Waals surface area contributed by atoms with Gasteiger partial charge in [-0.05, 0) is 39.8 Å². The standard InChI is InChI=1S/C18H25NO7S/c1-11-5-7-12(8-6-11)27(21,22)26-13(15-16-14(24-16)10-23-15)9-19-17(20)25-18(2,3)4/h5-8,13-16H,9-10H2,1-4H3,(H,19,20)/t13-,14+,15-,16-/m1/s1. The van der Waals surface area contributed by atoms with Gasteiger partial charge in [0, 0.05) is 0 Å². The van der Waals surface area contributed by atoms with Crippen LogP contribution in [0.3, 0.4) is 0 Å². The zero-order valence-corrected chi connectivity index (χ0v) is 16.6. The average molecular weight is 399 g/mol. The molecular weight excluding hydrogens is 374 g/mol. The van der Waals surface area contributed by atoms with E-state index in [9.17, 15) is 13.2 Å². The lowest BCUT2D eigenvalue weighted by molar-refractivity contribution is -0.0356. The second kappa shape index (κ2) is 7.38. The van der Waals surface area contributed by atoms with Crippen LogP contribution in [0.15, 0.2) is 29.2 Å². The summed E-state index contributed by atoms with van der Waals surface area (Å²) >= 11 is 0. The number of nitrogens with one attached hydrogen (secondary N) is 1. The van der Waals surface area contributed by atoms with E-state index in [2.05, 4.69) is 5.32 Å². The van der Waals surface area contributed by atoms with Crippen LogP contribution in [0, 0.1) is 6.92 Å². The monoisotopic (exact) mass is 399 g/mol. The Bertz CT molecular complexity index is 785. The smallest absolute Gasteiger partial charge is 0.407 e. The second-order valence-corrected chi connectivity index (χ2v) is 9.29. The molecule has 0 radical (unpaired) electrons. The zero-order valence-electron chi connectivity index (χ0n) is 15.8. The molecule has 0 spiro atoms. The summed E-state index contributed by atoms with van der Waals surface area (Å²) < 4.78 is 46.9. The first kappa shape index (κ1) is 20.1. The summed E-state index contributed by atoms with van der Waals surface area (Å²) in [4.78, 5) is 12.0. The topological polar surface area (TPSA) is 103 Å². The summed E-state index contributed by atoms with van der Waals surface area (Å²) in [5.41, 5.74) is 0.272. The van der Waals surface area contributed by atoms with E-state index in [4.69, 9.17) is 18.4 Å². The first-order chi connectivity index (χ1) is 12.5. The molecule has 2 aliphatic rings. The number of epoxide rings is 1. The molecule has 1 amide bonds. The van der Waals surface area contributed by atoms with Crippen molar-refractivity contribution in [1.82, 2.24) is 5.32 Å². The van der Waals surface area contributed by atoms with Gasteiger partial charge in [0.15, 0.2) is 0 Å². The van der Waals surface area contributed by atoms with Crippen LogP contribution in [0.1, 0.15) is 26.3 Å². The van der Waals surface area contributed by atoms with Crippen LogP contribution in [0.4, 0.5) is 4.79 Å². The van der Waals surface area contributed by atoms with E-state index < -0.39 is 34.0 Å². The molecule has 2 heterocycles. The maximum atomic E-state index is 12.6. The molecule has 0 unspecified atom stereocenters. The van der Waals surface area contributed by atoms with Crippen molar-refractivity contribution in [3.63, 3.8) is 0 Å². The third-order valence-electron chi connectivity index (χ3n) is 4.17. The molecule has 9 heteroatoms. The summed E-state index contributed by atoms with van der Waals surface area (Å²) in [7, 11) is -4.03. The number of aryl methyl sites for hydroxylation is 1. The minimum atomic E-state index is -4.03. The molecule has 1 aromatic rings.